The first kappa shape index (κ1) is 15.8. The van der Waals surface area contributed by atoms with Gasteiger partial charge < -0.3 is 4.98 Å². The summed E-state index contributed by atoms with van der Waals surface area (Å²) < 4.78 is 2.22. The predicted octanol–water partition coefficient (Wildman–Crippen LogP) is 4.69. The first-order chi connectivity index (χ1) is 11.7. The molecule has 0 saturated carbocycles. The van der Waals surface area contributed by atoms with E-state index in [0.29, 0.717) is 17.2 Å². The summed E-state index contributed by atoms with van der Waals surface area (Å²) in [4.78, 5) is 18.6. The van der Waals surface area contributed by atoms with Crippen molar-refractivity contribution >= 4 is 33.8 Å². The van der Waals surface area contributed by atoms with Crippen molar-refractivity contribution in [2.24, 2.45) is 5.92 Å². The van der Waals surface area contributed by atoms with Gasteiger partial charge in [0.2, 0.25) is 0 Å². The lowest BCUT2D eigenvalue weighted by molar-refractivity contribution is 0.697. The van der Waals surface area contributed by atoms with Gasteiger partial charge in [-0.2, -0.15) is 0 Å². The maximum Gasteiger partial charge on any atom is 0.263 e. The van der Waals surface area contributed by atoms with Crippen molar-refractivity contribution in [2.75, 3.05) is 0 Å². The number of aromatic nitrogens is 2. The predicted molar refractivity (Wildman–Crippen MR) is 103 cm³/mol. The van der Waals surface area contributed by atoms with E-state index in [4.69, 9.17) is 12.2 Å². The summed E-state index contributed by atoms with van der Waals surface area (Å²) in [6, 6.07) is 0. The van der Waals surface area contributed by atoms with Crippen molar-refractivity contribution in [3.63, 3.8) is 0 Å². The van der Waals surface area contributed by atoms with Crippen LogP contribution in [0.1, 0.15) is 29.7 Å². The minimum atomic E-state index is 0.0666. The standard InChI is InChI=1S/C19H20N2OS2/c22-18-16-14-10-4-5-11-15(14)24-17(16)20-19(23)21(18)12-6-9-13-7-2-1-3-8-13/h1-3,6-7,9,13H,4-5,8,10-12H2,(H,20,23)/b9-6+/t13-/m0/s1. The highest BCUT2D eigenvalue weighted by molar-refractivity contribution is 7.71. The molecule has 24 heavy (non-hydrogen) atoms. The van der Waals surface area contributed by atoms with Crippen LogP contribution < -0.4 is 5.56 Å². The molecule has 2 aliphatic rings. The van der Waals surface area contributed by atoms with E-state index in [1.165, 1.54) is 23.3 Å². The van der Waals surface area contributed by atoms with E-state index in [0.717, 1.165) is 29.5 Å². The van der Waals surface area contributed by atoms with E-state index >= 15 is 0 Å². The Morgan fingerprint density at radius 3 is 3.04 bits per heavy atom. The highest BCUT2D eigenvalue weighted by Gasteiger charge is 2.19. The summed E-state index contributed by atoms with van der Waals surface area (Å²) in [6.07, 6.45) is 18.2. The average Bonchev–Trinajstić information content (AvgIpc) is 2.97. The van der Waals surface area contributed by atoms with Gasteiger partial charge in [-0.25, -0.2) is 0 Å². The molecule has 2 aromatic rings. The lowest BCUT2D eigenvalue weighted by Crippen LogP contribution is -2.22. The van der Waals surface area contributed by atoms with Crippen molar-refractivity contribution in [3.05, 3.63) is 62.0 Å². The zero-order valence-electron chi connectivity index (χ0n) is 13.5. The Kier molecular flexibility index (Phi) is 4.37. The van der Waals surface area contributed by atoms with Gasteiger partial charge in [0.15, 0.2) is 4.77 Å². The first-order valence-corrected chi connectivity index (χ1v) is 9.74. The third-order valence-corrected chi connectivity index (χ3v) is 6.31. The normalized spacial score (nSPS) is 20.1. The van der Waals surface area contributed by atoms with Gasteiger partial charge in [0.05, 0.1) is 5.39 Å². The van der Waals surface area contributed by atoms with Crippen LogP contribution in [0.2, 0.25) is 0 Å². The fourth-order valence-electron chi connectivity index (χ4n) is 3.52. The molecule has 0 aromatic carbocycles. The molecule has 2 heterocycles. The Balaban J connectivity index is 1.69. The molecule has 5 heteroatoms. The molecule has 0 saturated heterocycles. The van der Waals surface area contributed by atoms with Crippen LogP contribution in [0.4, 0.5) is 0 Å². The quantitative estimate of drug-likeness (QED) is 0.640. The van der Waals surface area contributed by atoms with Crippen LogP contribution in [-0.2, 0) is 19.4 Å². The summed E-state index contributed by atoms with van der Waals surface area (Å²) in [5, 5.41) is 0.872. The van der Waals surface area contributed by atoms with Crippen molar-refractivity contribution < 1.29 is 0 Å². The molecule has 0 bridgehead atoms. The number of hydrogen-bond donors (Lipinski definition) is 1. The number of rotatable bonds is 3. The second kappa shape index (κ2) is 6.65. The second-order valence-electron chi connectivity index (χ2n) is 6.40. The number of allylic oxidation sites excluding steroid dienone is 6. The Hall–Kier alpha value is -1.72. The smallest absolute Gasteiger partial charge is 0.263 e. The molecular formula is C19H20N2OS2. The lowest BCUT2D eigenvalue weighted by atomic mass is 9.97. The minimum Gasteiger partial charge on any atom is -0.323 e. The van der Waals surface area contributed by atoms with Gasteiger partial charge >= 0.3 is 0 Å². The monoisotopic (exact) mass is 356 g/mol. The number of H-pyrrole nitrogens is 1. The zero-order chi connectivity index (χ0) is 16.5. The van der Waals surface area contributed by atoms with E-state index in [-0.39, 0.29) is 5.56 Å². The zero-order valence-corrected chi connectivity index (χ0v) is 15.1. The topological polar surface area (TPSA) is 37.8 Å². The molecule has 2 aliphatic carbocycles. The van der Waals surface area contributed by atoms with Gasteiger partial charge in [-0.3, -0.25) is 9.36 Å². The fraction of sp³-hybridized carbons (Fsp3) is 0.368. The van der Waals surface area contributed by atoms with E-state index in [9.17, 15) is 4.79 Å². The summed E-state index contributed by atoms with van der Waals surface area (Å²) in [5.41, 5.74) is 1.33. The number of aryl methyl sites for hydroxylation is 2. The van der Waals surface area contributed by atoms with E-state index in [1.54, 1.807) is 15.9 Å². The summed E-state index contributed by atoms with van der Waals surface area (Å²) >= 11 is 7.15. The molecule has 4 rings (SSSR count). The van der Waals surface area contributed by atoms with Gasteiger partial charge in [-0.1, -0.05) is 36.5 Å². The number of fused-ring (bicyclic) bond motifs is 3. The molecule has 0 spiro atoms. The average molecular weight is 357 g/mol. The minimum absolute atomic E-state index is 0.0666. The largest absolute Gasteiger partial charge is 0.323 e. The Morgan fingerprint density at radius 2 is 2.21 bits per heavy atom. The van der Waals surface area contributed by atoms with Crippen LogP contribution in [0.3, 0.4) is 0 Å². The molecule has 124 valence electrons. The number of thiophene rings is 1. The van der Waals surface area contributed by atoms with Gasteiger partial charge in [-0.15, -0.1) is 11.3 Å². The molecule has 1 N–H and O–H groups in total. The lowest BCUT2D eigenvalue weighted by Gasteiger charge is -2.10. The molecule has 2 aromatic heterocycles. The van der Waals surface area contributed by atoms with Crippen LogP contribution in [0.15, 0.2) is 41.3 Å². The molecule has 0 amide bonds. The van der Waals surface area contributed by atoms with Crippen molar-refractivity contribution in [2.45, 2.75) is 38.6 Å². The summed E-state index contributed by atoms with van der Waals surface area (Å²) in [6.45, 7) is 0.531. The number of hydrogen-bond acceptors (Lipinski definition) is 3. The molecule has 3 nitrogen and oxygen atoms in total. The second-order valence-corrected chi connectivity index (χ2v) is 7.89. The Bertz CT molecular complexity index is 972. The van der Waals surface area contributed by atoms with Gasteiger partial charge in [-0.05, 0) is 55.8 Å². The molecule has 1 atom stereocenters. The number of nitrogens with zero attached hydrogens (tertiary/aromatic N) is 1. The van der Waals surface area contributed by atoms with E-state index in [1.807, 2.05) is 0 Å². The summed E-state index contributed by atoms with van der Waals surface area (Å²) in [7, 11) is 0. The summed E-state index contributed by atoms with van der Waals surface area (Å²) in [5.74, 6) is 0.417. The van der Waals surface area contributed by atoms with E-state index < -0.39 is 0 Å². The first-order valence-electron chi connectivity index (χ1n) is 8.51. The fourth-order valence-corrected chi connectivity index (χ4v) is 5.13. The van der Waals surface area contributed by atoms with Crippen LogP contribution in [-0.4, -0.2) is 9.55 Å². The molecule has 0 radical (unpaired) electrons. The molecule has 0 unspecified atom stereocenters. The maximum absolute atomic E-state index is 13.0. The van der Waals surface area contributed by atoms with Gasteiger partial charge in [0.1, 0.15) is 4.83 Å². The van der Waals surface area contributed by atoms with Crippen LogP contribution >= 0.6 is 23.6 Å². The molecule has 0 aliphatic heterocycles. The maximum atomic E-state index is 13.0. The Labute approximate surface area is 150 Å². The molecule has 0 fully saturated rings. The molecular weight excluding hydrogens is 336 g/mol. The number of nitrogens with one attached hydrogen (secondary N) is 1. The van der Waals surface area contributed by atoms with Crippen molar-refractivity contribution in [1.82, 2.24) is 9.55 Å². The third-order valence-electron chi connectivity index (χ3n) is 4.78. The third kappa shape index (κ3) is 2.87. The van der Waals surface area contributed by atoms with Crippen molar-refractivity contribution in [3.8, 4) is 0 Å². The van der Waals surface area contributed by atoms with Crippen LogP contribution in [0.5, 0.6) is 0 Å². The van der Waals surface area contributed by atoms with E-state index in [2.05, 4.69) is 41.4 Å². The van der Waals surface area contributed by atoms with Crippen molar-refractivity contribution in [1.29, 1.82) is 0 Å². The Morgan fingerprint density at radius 1 is 1.33 bits per heavy atom. The van der Waals surface area contributed by atoms with Gasteiger partial charge in [0.25, 0.3) is 5.56 Å². The highest BCUT2D eigenvalue weighted by atomic mass is 32.1. The van der Waals surface area contributed by atoms with Crippen LogP contribution in [0.25, 0.3) is 10.2 Å². The van der Waals surface area contributed by atoms with Crippen LogP contribution in [0, 0.1) is 10.7 Å². The van der Waals surface area contributed by atoms with Gasteiger partial charge in [0, 0.05) is 11.4 Å². The SMILES string of the molecule is O=c1c2c3c(sc2[nH]c(=S)n1C/C=C/[C@H]1C=CC=CC1)CCCC3. The highest BCUT2D eigenvalue weighted by Crippen LogP contribution is 2.33. The number of aromatic amines is 1.